The highest BCUT2D eigenvalue weighted by atomic mass is 79.9. The lowest BCUT2D eigenvalue weighted by Crippen LogP contribution is -2.04. The fourth-order valence-corrected chi connectivity index (χ4v) is 2.03. The zero-order chi connectivity index (χ0) is 11.0. The van der Waals surface area contributed by atoms with E-state index in [1.807, 2.05) is 0 Å². The van der Waals surface area contributed by atoms with E-state index in [0.717, 1.165) is 0 Å². The van der Waals surface area contributed by atoms with Crippen LogP contribution in [0.5, 0.6) is 11.5 Å². The summed E-state index contributed by atoms with van der Waals surface area (Å²) in [5.74, 6) is 0.0460. The van der Waals surface area contributed by atoms with Crippen LogP contribution >= 0.6 is 27.5 Å². The molecule has 1 aromatic rings. The molecule has 0 bridgehead atoms. The average Bonchev–Trinajstić information content (AvgIpc) is 2.62. The summed E-state index contributed by atoms with van der Waals surface area (Å²) >= 11 is 8.95. The van der Waals surface area contributed by atoms with Crippen molar-refractivity contribution in [3.05, 3.63) is 22.7 Å². The maximum absolute atomic E-state index is 10.8. The van der Waals surface area contributed by atoms with Crippen molar-refractivity contribution in [2.75, 3.05) is 6.79 Å². The van der Waals surface area contributed by atoms with Crippen LogP contribution in [0.25, 0.3) is 0 Å². The minimum absolute atomic E-state index is 0.134. The predicted octanol–water partition coefficient (Wildman–Crippen LogP) is 2.59. The zero-order valence-corrected chi connectivity index (χ0v) is 9.71. The smallest absolute Gasteiger partial charge is 0.321 e. The van der Waals surface area contributed by atoms with E-state index in [0.29, 0.717) is 22.1 Å². The number of fused-ring (bicyclic) bond motifs is 1. The normalized spacial score (nSPS) is 15.1. The maximum atomic E-state index is 10.8. The van der Waals surface area contributed by atoms with Crippen LogP contribution < -0.4 is 9.47 Å². The first-order valence-corrected chi connectivity index (χ1v) is 5.35. The van der Waals surface area contributed by atoms with Gasteiger partial charge in [0.05, 0.1) is 0 Å². The molecule has 1 N–H and O–H groups in total. The van der Waals surface area contributed by atoms with Gasteiger partial charge in [0.15, 0.2) is 11.5 Å². The largest absolute Gasteiger partial charge is 0.480 e. The lowest BCUT2D eigenvalue weighted by molar-refractivity contribution is -0.136. The lowest BCUT2D eigenvalue weighted by atomic mass is 10.1. The van der Waals surface area contributed by atoms with Gasteiger partial charge in [-0.3, -0.25) is 4.79 Å². The number of ether oxygens (including phenoxy) is 2. The van der Waals surface area contributed by atoms with Crippen LogP contribution in [0.4, 0.5) is 0 Å². The number of benzene rings is 1. The van der Waals surface area contributed by atoms with Crippen molar-refractivity contribution in [1.29, 1.82) is 0 Å². The fourth-order valence-electron chi connectivity index (χ4n) is 1.26. The molecule has 0 radical (unpaired) electrons. The molecule has 0 spiro atoms. The van der Waals surface area contributed by atoms with Gasteiger partial charge in [-0.05, 0) is 11.6 Å². The van der Waals surface area contributed by atoms with Crippen LogP contribution in [-0.4, -0.2) is 17.9 Å². The maximum Gasteiger partial charge on any atom is 0.321 e. The highest BCUT2D eigenvalue weighted by Crippen LogP contribution is 2.40. The first-order chi connectivity index (χ1) is 7.09. The Balaban J connectivity index is 2.44. The molecule has 0 fully saturated rings. The summed E-state index contributed by atoms with van der Waals surface area (Å²) < 4.78 is 10.2. The summed E-state index contributed by atoms with van der Waals surface area (Å²) in [7, 11) is 0. The van der Waals surface area contributed by atoms with Gasteiger partial charge in [-0.2, -0.15) is 0 Å². The Labute approximate surface area is 98.9 Å². The van der Waals surface area contributed by atoms with Gasteiger partial charge >= 0.3 is 5.97 Å². The van der Waals surface area contributed by atoms with Crippen molar-refractivity contribution in [2.45, 2.75) is 4.83 Å². The first kappa shape index (κ1) is 10.6. The molecule has 1 heterocycles. The van der Waals surface area contributed by atoms with Gasteiger partial charge in [0, 0.05) is 11.1 Å². The number of hydrogen-bond acceptors (Lipinski definition) is 3. The number of carboxylic acids is 1. The van der Waals surface area contributed by atoms with Gasteiger partial charge in [0.2, 0.25) is 6.79 Å². The molecule has 4 nitrogen and oxygen atoms in total. The van der Waals surface area contributed by atoms with Gasteiger partial charge in [-0.25, -0.2) is 0 Å². The number of hydrogen-bond donors (Lipinski definition) is 1. The standard InChI is InChI=1S/C9H6BrClO4/c10-8(9(12)13)4-1-6-7(2-5(4)11)15-3-14-6/h1-2,8H,3H2,(H,12,13). The second-order valence-corrected chi connectivity index (χ2v) is 4.25. The Morgan fingerprint density at radius 1 is 1.47 bits per heavy atom. The summed E-state index contributed by atoms with van der Waals surface area (Å²) in [5, 5.41) is 9.17. The second kappa shape index (κ2) is 3.90. The number of alkyl halides is 1. The number of aliphatic carboxylic acids is 1. The van der Waals surface area contributed by atoms with E-state index in [4.69, 9.17) is 26.2 Å². The molecule has 15 heavy (non-hydrogen) atoms. The van der Waals surface area contributed by atoms with Gasteiger partial charge in [0.1, 0.15) is 4.83 Å². The van der Waals surface area contributed by atoms with Crippen LogP contribution in [0.15, 0.2) is 12.1 Å². The Kier molecular flexibility index (Phi) is 2.75. The molecule has 1 aliphatic heterocycles. The summed E-state index contributed by atoms with van der Waals surface area (Å²) in [6.45, 7) is 0.134. The van der Waals surface area contributed by atoms with Gasteiger partial charge in [0.25, 0.3) is 0 Å². The zero-order valence-electron chi connectivity index (χ0n) is 7.37. The summed E-state index contributed by atoms with van der Waals surface area (Å²) in [6, 6.07) is 3.12. The number of carboxylic acid groups (broad SMARTS) is 1. The molecule has 0 saturated carbocycles. The molecule has 80 valence electrons. The first-order valence-electron chi connectivity index (χ1n) is 4.05. The third kappa shape index (κ3) is 1.89. The van der Waals surface area contributed by atoms with E-state index >= 15 is 0 Å². The van der Waals surface area contributed by atoms with Crippen LogP contribution in [0.1, 0.15) is 10.4 Å². The summed E-state index contributed by atoms with van der Waals surface area (Å²) in [4.78, 5) is 9.93. The molecule has 6 heteroatoms. The van der Waals surface area contributed by atoms with Crippen molar-refractivity contribution in [3.8, 4) is 11.5 Å². The van der Waals surface area contributed by atoms with E-state index in [9.17, 15) is 4.79 Å². The Bertz CT molecular complexity index is 421. The monoisotopic (exact) mass is 292 g/mol. The molecule has 0 aromatic heterocycles. The third-order valence-electron chi connectivity index (χ3n) is 1.98. The SMILES string of the molecule is O=C(O)C(Br)c1cc2c(cc1Cl)OCO2. The van der Waals surface area contributed by atoms with Crippen LogP contribution in [0.3, 0.4) is 0 Å². The van der Waals surface area contributed by atoms with E-state index < -0.39 is 10.8 Å². The average molecular weight is 294 g/mol. The highest BCUT2D eigenvalue weighted by Gasteiger charge is 2.23. The minimum atomic E-state index is -1.00. The van der Waals surface area contributed by atoms with E-state index in [1.165, 1.54) is 0 Å². The van der Waals surface area contributed by atoms with Gasteiger partial charge in [-0.1, -0.05) is 27.5 Å². The molecule has 1 aromatic carbocycles. The van der Waals surface area contributed by atoms with Crippen molar-refractivity contribution in [2.24, 2.45) is 0 Å². The lowest BCUT2D eigenvalue weighted by Gasteiger charge is -2.08. The Morgan fingerprint density at radius 2 is 2.07 bits per heavy atom. The topological polar surface area (TPSA) is 55.8 Å². The molecule has 0 amide bonds. The van der Waals surface area contributed by atoms with Gasteiger partial charge < -0.3 is 14.6 Å². The molecule has 1 aliphatic rings. The molecule has 2 rings (SSSR count). The quantitative estimate of drug-likeness (QED) is 0.852. The van der Waals surface area contributed by atoms with E-state index in [2.05, 4.69) is 15.9 Å². The van der Waals surface area contributed by atoms with Crippen LogP contribution in [0, 0.1) is 0 Å². The number of carbonyl (C=O) groups is 1. The van der Waals surface area contributed by atoms with Crippen molar-refractivity contribution < 1.29 is 19.4 Å². The molecular formula is C9H6BrClO4. The molecule has 0 saturated heterocycles. The van der Waals surface area contributed by atoms with E-state index in [-0.39, 0.29) is 6.79 Å². The highest BCUT2D eigenvalue weighted by molar-refractivity contribution is 9.09. The van der Waals surface area contributed by atoms with Gasteiger partial charge in [-0.15, -0.1) is 0 Å². The minimum Gasteiger partial charge on any atom is -0.480 e. The van der Waals surface area contributed by atoms with Crippen molar-refractivity contribution in [1.82, 2.24) is 0 Å². The van der Waals surface area contributed by atoms with Crippen LogP contribution in [-0.2, 0) is 4.79 Å². The summed E-state index contributed by atoms with van der Waals surface area (Å²) in [5.41, 5.74) is 0.452. The van der Waals surface area contributed by atoms with Crippen molar-refractivity contribution >= 4 is 33.5 Å². The number of rotatable bonds is 2. The van der Waals surface area contributed by atoms with E-state index in [1.54, 1.807) is 12.1 Å². The molecule has 1 unspecified atom stereocenters. The predicted molar refractivity (Wildman–Crippen MR) is 56.9 cm³/mol. The van der Waals surface area contributed by atoms with Crippen LogP contribution in [0.2, 0.25) is 5.02 Å². The fraction of sp³-hybridized carbons (Fsp3) is 0.222. The second-order valence-electron chi connectivity index (χ2n) is 2.93. The van der Waals surface area contributed by atoms with Crippen molar-refractivity contribution in [3.63, 3.8) is 0 Å². The summed E-state index contributed by atoms with van der Waals surface area (Å²) in [6.07, 6.45) is 0. The third-order valence-corrected chi connectivity index (χ3v) is 3.19. The Hall–Kier alpha value is -0.940. The number of halogens is 2. The molecular weight excluding hydrogens is 287 g/mol. The Morgan fingerprint density at radius 3 is 2.67 bits per heavy atom. The molecule has 0 aliphatic carbocycles. The molecule has 1 atom stereocenters.